The molecule has 0 atom stereocenters. The molecule has 4 aromatic rings. The van der Waals surface area contributed by atoms with Gasteiger partial charge in [-0.05, 0) is 36.2 Å². The molecule has 30 heavy (non-hydrogen) atoms. The summed E-state index contributed by atoms with van der Waals surface area (Å²) in [6.45, 7) is 1.74. The van der Waals surface area contributed by atoms with Crippen LogP contribution in [0.15, 0.2) is 88.2 Å². The lowest BCUT2D eigenvalue weighted by Gasteiger charge is -2.09. The number of sulfonamides is 1. The second kappa shape index (κ2) is 8.12. The van der Waals surface area contributed by atoms with Crippen molar-refractivity contribution in [3.8, 4) is 11.3 Å². The maximum Gasteiger partial charge on any atom is 0.264 e. The first kappa shape index (κ1) is 19.8. The fourth-order valence-corrected chi connectivity index (χ4v) is 4.18. The summed E-state index contributed by atoms with van der Waals surface area (Å²) >= 11 is 0. The molecule has 0 saturated carbocycles. The van der Waals surface area contributed by atoms with Crippen LogP contribution in [0, 0.1) is 12.7 Å². The summed E-state index contributed by atoms with van der Waals surface area (Å²) in [7, 11) is -3.94. The van der Waals surface area contributed by atoms with Crippen LogP contribution >= 0.6 is 0 Å². The predicted molar refractivity (Wildman–Crippen MR) is 113 cm³/mol. The molecular formula is C23H19FN2O3S. The van der Waals surface area contributed by atoms with Crippen molar-refractivity contribution >= 4 is 15.9 Å². The van der Waals surface area contributed by atoms with E-state index in [1.54, 1.807) is 37.3 Å². The fourth-order valence-electron chi connectivity index (χ4n) is 3.16. The number of nitrogens with one attached hydrogen (secondary N) is 1. The van der Waals surface area contributed by atoms with Crippen LogP contribution in [0.4, 0.5) is 10.3 Å². The zero-order valence-corrected chi connectivity index (χ0v) is 17.0. The Hall–Kier alpha value is -3.45. The van der Waals surface area contributed by atoms with E-state index in [1.807, 2.05) is 30.3 Å². The average molecular weight is 422 g/mol. The Kier molecular flexibility index (Phi) is 5.37. The maximum absolute atomic E-state index is 14.6. The van der Waals surface area contributed by atoms with Gasteiger partial charge in [-0.3, -0.25) is 0 Å². The third kappa shape index (κ3) is 4.11. The number of hydrogen-bond acceptors (Lipinski definition) is 4. The molecule has 0 fully saturated rings. The molecule has 0 spiro atoms. The molecule has 152 valence electrons. The lowest BCUT2D eigenvalue weighted by molar-refractivity contribution is 0.521. The van der Waals surface area contributed by atoms with Gasteiger partial charge in [-0.1, -0.05) is 60.7 Å². The van der Waals surface area contributed by atoms with Crippen LogP contribution in [-0.2, 0) is 16.4 Å². The Morgan fingerprint density at radius 2 is 1.60 bits per heavy atom. The summed E-state index contributed by atoms with van der Waals surface area (Å²) in [4.78, 5) is 4.51. The molecule has 0 amide bonds. The Morgan fingerprint density at radius 1 is 0.933 bits per heavy atom. The Bertz CT molecular complexity index is 1250. The van der Waals surface area contributed by atoms with Gasteiger partial charge in [0.1, 0.15) is 11.5 Å². The minimum atomic E-state index is -3.94. The van der Waals surface area contributed by atoms with Crippen molar-refractivity contribution in [2.24, 2.45) is 0 Å². The summed E-state index contributed by atoms with van der Waals surface area (Å²) < 4.78 is 48.5. The lowest BCUT2D eigenvalue weighted by atomic mass is 10.1. The first-order valence-electron chi connectivity index (χ1n) is 9.31. The van der Waals surface area contributed by atoms with E-state index in [-0.39, 0.29) is 27.9 Å². The number of benzene rings is 3. The van der Waals surface area contributed by atoms with Gasteiger partial charge in [0, 0.05) is 12.0 Å². The topological polar surface area (TPSA) is 72.2 Å². The number of rotatable bonds is 6. The molecule has 4 rings (SSSR count). The van der Waals surface area contributed by atoms with Crippen molar-refractivity contribution in [3.63, 3.8) is 0 Å². The molecule has 0 bridgehead atoms. The molecule has 0 aliphatic carbocycles. The van der Waals surface area contributed by atoms with Crippen LogP contribution in [-0.4, -0.2) is 13.4 Å². The molecule has 7 heteroatoms. The number of hydrogen-bond donors (Lipinski definition) is 1. The first-order chi connectivity index (χ1) is 14.4. The summed E-state index contributed by atoms with van der Waals surface area (Å²) in [6, 6.07) is 22.0. The Labute approximate surface area is 174 Å². The van der Waals surface area contributed by atoms with Crippen molar-refractivity contribution < 1.29 is 17.2 Å². The summed E-state index contributed by atoms with van der Waals surface area (Å²) in [5, 5.41) is 0. The van der Waals surface area contributed by atoms with E-state index in [9.17, 15) is 12.8 Å². The molecule has 0 saturated heterocycles. The molecule has 1 N–H and O–H groups in total. The fraction of sp³-hybridized carbons (Fsp3) is 0.0870. The molecule has 0 aliphatic rings. The van der Waals surface area contributed by atoms with E-state index >= 15 is 0 Å². The van der Waals surface area contributed by atoms with E-state index < -0.39 is 15.8 Å². The van der Waals surface area contributed by atoms with E-state index in [1.165, 1.54) is 18.2 Å². The lowest BCUT2D eigenvalue weighted by Crippen LogP contribution is -2.13. The minimum Gasteiger partial charge on any atom is -0.423 e. The summed E-state index contributed by atoms with van der Waals surface area (Å²) in [5.74, 6) is -0.336. The van der Waals surface area contributed by atoms with Gasteiger partial charge in [0.2, 0.25) is 11.8 Å². The average Bonchev–Trinajstić information content (AvgIpc) is 3.10. The SMILES string of the molecule is Cc1cccc(F)c1-c1nc(Cc2ccccc2)oc1NS(=O)(=O)c1ccccc1. The van der Waals surface area contributed by atoms with Crippen molar-refractivity contribution in [3.05, 3.63) is 102 Å². The van der Waals surface area contributed by atoms with Gasteiger partial charge in [-0.25, -0.2) is 22.5 Å². The van der Waals surface area contributed by atoms with E-state index in [2.05, 4.69) is 9.71 Å². The van der Waals surface area contributed by atoms with Crippen LogP contribution in [0.5, 0.6) is 0 Å². The number of halogens is 1. The first-order valence-corrected chi connectivity index (χ1v) is 10.8. The van der Waals surface area contributed by atoms with Gasteiger partial charge in [0.05, 0.1) is 4.90 Å². The van der Waals surface area contributed by atoms with Crippen LogP contribution in [0.25, 0.3) is 11.3 Å². The van der Waals surface area contributed by atoms with Crippen LogP contribution in [0.1, 0.15) is 17.0 Å². The highest BCUT2D eigenvalue weighted by Gasteiger charge is 2.24. The second-order valence-corrected chi connectivity index (χ2v) is 8.48. The summed E-state index contributed by atoms with van der Waals surface area (Å²) in [6.07, 6.45) is 0.342. The van der Waals surface area contributed by atoms with Gasteiger partial charge in [0.15, 0.2) is 0 Å². The number of nitrogens with zero attached hydrogens (tertiary/aromatic N) is 1. The van der Waals surface area contributed by atoms with Crippen molar-refractivity contribution in [2.75, 3.05) is 4.72 Å². The summed E-state index contributed by atoms with van der Waals surface area (Å²) in [5.41, 5.74) is 1.88. The van der Waals surface area contributed by atoms with Gasteiger partial charge < -0.3 is 4.42 Å². The number of oxazole rings is 1. The molecule has 3 aromatic carbocycles. The zero-order chi connectivity index (χ0) is 21.1. The third-order valence-corrected chi connectivity index (χ3v) is 5.96. The van der Waals surface area contributed by atoms with E-state index in [4.69, 9.17) is 4.42 Å². The van der Waals surface area contributed by atoms with Gasteiger partial charge >= 0.3 is 0 Å². The van der Waals surface area contributed by atoms with E-state index in [0.29, 0.717) is 12.0 Å². The molecule has 0 aliphatic heterocycles. The third-order valence-electron chi connectivity index (χ3n) is 4.61. The highest BCUT2D eigenvalue weighted by atomic mass is 32.2. The number of anilines is 1. The van der Waals surface area contributed by atoms with Crippen molar-refractivity contribution in [1.82, 2.24) is 4.98 Å². The van der Waals surface area contributed by atoms with E-state index in [0.717, 1.165) is 5.56 Å². The van der Waals surface area contributed by atoms with Crippen molar-refractivity contribution in [1.29, 1.82) is 0 Å². The normalized spacial score (nSPS) is 11.4. The highest BCUT2D eigenvalue weighted by Crippen LogP contribution is 2.34. The largest absolute Gasteiger partial charge is 0.423 e. The smallest absolute Gasteiger partial charge is 0.264 e. The number of aryl methyl sites for hydroxylation is 1. The molecule has 0 unspecified atom stereocenters. The Morgan fingerprint density at radius 3 is 2.27 bits per heavy atom. The Balaban J connectivity index is 1.80. The van der Waals surface area contributed by atoms with Crippen LogP contribution < -0.4 is 4.72 Å². The molecular weight excluding hydrogens is 403 g/mol. The van der Waals surface area contributed by atoms with Crippen LogP contribution in [0.2, 0.25) is 0 Å². The van der Waals surface area contributed by atoms with Crippen molar-refractivity contribution in [2.45, 2.75) is 18.2 Å². The highest BCUT2D eigenvalue weighted by molar-refractivity contribution is 7.92. The van der Waals surface area contributed by atoms with Crippen LogP contribution in [0.3, 0.4) is 0 Å². The molecule has 0 radical (unpaired) electrons. The monoisotopic (exact) mass is 422 g/mol. The standard InChI is InChI=1S/C23H19FN2O3S/c1-16-9-8-14-19(24)21(16)22-23(26-30(27,28)18-12-6-3-7-13-18)29-20(25-22)15-17-10-4-2-5-11-17/h2-14,26H,15H2,1H3. The molecule has 5 nitrogen and oxygen atoms in total. The maximum atomic E-state index is 14.6. The quantitative estimate of drug-likeness (QED) is 0.465. The van der Waals surface area contributed by atoms with Gasteiger partial charge in [0.25, 0.3) is 10.0 Å². The minimum absolute atomic E-state index is 0.0715. The second-order valence-electron chi connectivity index (χ2n) is 6.80. The number of aromatic nitrogens is 1. The zero-order valence-electron chi connectivity index (χ0n) is 16.2. The van der Waals surface area contributed by atoms with Gasteiger partial charge in [-0.2, -0.15) is 0 Å². The van der Waals surface area contributed by atoms with Gasteiger partial charge in [-0.15, -0.1) is 0 Å². The predicted octanol–water partition coefficient (Wildman–Crippen LogP) is 5.18. The molecule has 1 aromatic heterocycles. The molecule has 1 heterocycles.